The predicted molar refractivity (Wildman–Crippen MR) is 88.5 cm³/mol. The van der Waals surface area contributed by atoms with Crippen molar-refractivity contribution < 1.29 is 4.79 Å². The first-order chi connectivity index (χ1) is 10.2. The van der Waals surface area contributed by atoms with Crippen LogP contribution in [0.15, 0.2) is 24.3 Å². The normalized spacial score (nSPS) is 19.8. The predicted octanol–water partition coefficient (Wildman–Crippen LogP) is 3.90. The van der Waals surface area contributed by atoms with Crippen molar-refractivity contribution >= 4 is 11.6 Å². The van der Waals surface area contributed by atoms with Gasteiger partial charge in [-0.15, -0.1) is 0 Å². The van der Waals surface area contributed by atoms with Gasteiger partial charge in [0.1, 0.15) is 0 Å². The molecule has 116 valence electrons. The highest BCUT2D eigenvalue weighted by atomic mass is 16.2. The van der Waals surface area contributed by atoms with Gasteiger partial charge in [-0.3, -0.25) is 4.79 Å². The number of carbonyl (C=O) groups excluding carboxylic acids is 1. The molecule has 21 heavy (non-hydrogen) atoms. The van der Waals surface area contributed by atoms with Gasteiger partial charge >= 0.3 is 0 Å². The largest absolute Gasteiger partial charge is 0.312 e. The fraction of sp³-hybridized carbons (Fsp3) is 0.611. The van der Waals surface area contributed by atoms with E-state index in [4.69, 9.17) is 0 Å². The summed E-state index contributed by atoms with van der Waals surface area (Å²) in [6, 6.07) is 8.75. The van der Waals surface area contributed by atoms with Gasteiger partial charge in [0.2, 0.25) is 5.91 Å². The van der Waals surface area contributed by atoms with E-state index >= 15 is 0 Å². The van der Waals surface area contributed by atoms with Gasteiger partial charge < -0.3 is 10.2 Å². The number of amides is 1. The molecular weight excluding hydrogens is 260 g/mol. The number of hydrogen-bond acceptors (Lipinski definition) is 2. The molecule has 1 aliphatic heterocycles. The zero-order valence-electron chi connectivity index (χ0n) is 13.6. The number of anilines is 1. The molecule has 1 heterocycles. The van der Waals surface area contributed by atoms with E-state index in [2.05, 4.69) is 44.3 Å². The van der Waals surface area contributed by atoms with Gasteiger partial charge in [0, 0.05) is 24.2 Å². The van der Waals surface area contributed by atoms with Gasteiger partial charge in [0.15, 0.2) is 0 Å². The van der Waals surface area contributed by atoms with E-state index in [9.17, 15) is 4.79 Å². The summed E-state index contributed by atoms with van der Waals surface area (Å²) in [5.74, 6) is 0.389. The third kappa shape index (κ3) is 3.65. The lowest BCUT2D eigenvalue weighted by atomic mass is 10.0. The van der Waals surface area contributed by atoms with Gasteiger partial charge in [-0.25, -0.2) is 0 Å². The number of hydrogen-bond donors (Lipinski definition) is 1. The first-order valence-corrected chi connectivity index (χ1v) is 8.32. The molecule has 3 nitrogen and oxygen atoms in total. The van der Waals surface area contributed by atoms with Crippen LogP contribution in [0.2, 0.25) is 0 Å². The second kappa shape index (κ2) is 7.60. The molecule has 1 aromatic rings. The van der Waals surface area contributed by atoms with Gasteiger partial charge in [-0.2, -0.15) is 0 Å². The molecule has 1 aromatic carbocycles. The number of para-hydroxylation sites is 1. The highest BCUT2D eigenvalue weighted by Crippen LogP contribution is 2.33. The first-order valence-electron chi connectivity index (χ1n) is 8.32. The van der Waals surface area contributed by atoms with E-state index in [1.807, 2.05) is 11.0 Å². The standard InChI is InChI=1S/C18H28N2O/c1-4-9-14(3)18(21)20-13-8-11-16(19-5-2)15-10-6-7-12-17(15)20/h6-7,10,12,14,16,19H,4-5,8-9,11,13H2,1-3H3. The van der Waals surface area contributed by atoms with Crippen LogP contribution in [-0.2, 0) is 4.79 Å². The summed E-state index contributed by atoms with van der Waals surface area (Å²) in [4.78, 5) is 14.8. The summed E-state index contributed by atoms with van der Waals surface area (Å²) in [6.07, 6.45) is 4.17. The molecule has 0 aromatic heterocycles. The Balaban J connectivity index is 2.30. The number of carbonyl (C=O) groups is 1. The third-order valence-corrected chi connectivity index (χ3v) is 4.34. The molecule has 0 saturated carbocycles. The lowest BCUT2D eigenvalue weighted by molar-refractivity contribution is -0.122. The van der Waals surface area contributed by atoms with E-state index in [1.54, 1.807) is 0 Å². The number of benzene rings is 1. The summed E-state index contributed by atoms with van der Waals surface area (Å²) >= 11 is 0. The number of nitrogens with zero attached hydrogens (tertiary/aromatic N) is 1. The van der Waals surface area contributed by atoms with Crippen molar-refractivity contribution in [3.8, 4) is 0 Å². The molecule has 0 saturated heterocycles. The molecule has 1 aliphatic rings. The summed E-state index contributed by atoms with van der Waals surface area (Å²) in [7, 11) is 0. The smallest absolute Gasteiger partial charge is 0.229 e. The summed E-state index contributed by atoms with van der Waals surface area (Å²) in [6.45, 7) is 8.13. The Bertz CT molecular complexity index is 472. The van der Waals surface area contributed by atoms with Crippen molar-refractivity contribution in [1.82, 2.24) is 5.32 Å². The Morgan fingerprint density at radius 2 is 2.14 bits per heavy atom. The van der Waals surface area contributed by atoms with Gasteiger partial charge in [0.25, 0.3) is 0 Å². The molecular formula is C18H28N2O. The molecule has 2 unspecified atom stereocenters. The summed E-state index contributed by atoms with van der Waals surface area (Å²) in [5, 5.41) is 3.56. The lowest BCUT2D eigenvalue weighted by Gasteiger charge is -2.27. The third-order valence-electron chi connectivity index (χ3n) is 4.34. The van der Waals surface area contributed by atoms with Crippen molar-refractivity contribution in [2.45, 2.75) is 52.5 Å². The van der Waals surface area contributed by atoms with E-state index < -0.39 is 0 Å². The number of fused-ring (bicyclic) bond motifs is 1. The molecule has 2 atom stereocenters. The SMILES string of the molecule is CCCC(C)C(=O)N1CCCC(NCC)c2ccccc21. The quantitative estimate of drug-likeness (QED) is 0.891. The fourth-order valence-electron chi connectivity index (χ4n) is 3.27. The molecule has 0 spiro atoms. The van der Waals surface area contributed by atoms with Crippen LogP contribution in [0.4, 0.5) is 5.69 Å². The Morgan fingerprint density at radius 3 is 2.86 bits per heavy atom. The lowest BCUT2D eigenvalue weighted by Crippen LogP contribution is -2.36. The van der Waals surface area contributed by atoms with E-state index in [0.29, 0.717) is 6.04 Å². The minimum absolute atomic E-state index is 0.110. The van der Waals surface area contributed by atoms with E-state index in [0.717, 1.165) is 44.5 Å². The van der Waals surface area contributed by atoms with E-state index in [1.165, 1.54) is 5.56 Å². The minimum Gasteiger partial charge on any atom is -0.312 e. The molecule has 0 bridgehead atoms. The zero-order chi connectivity index (χ0) is 15.2. The molecule has 0 aliphatic carbocycles. The Labute approximate surface area is 128 Å². The van der Waals surface area contributed by atoms with Crippen LogP contribution >= 0.6 is 0 Å². The number of rotatable bonds is 5. The Hall–Kier alpha value is -1.35. The van der Waals surface area contributed by atoms with Crippen molar-refractivity contribution in [2.24, 2.45) is 5.92 Å². The molecule has 2 rings (SSSR count). The maximum atomic E-state index is 12.8. The monoisotopic (exact) mass is 288 g/mol. The summed E-state index contributed by atoms with van der Waals surface area (Å²) in [5.41, 5.74) is 2.38. The van der Waals surface area contributed by atoms with Crippen molar-refractivity contribution in [1.29, 1.82) is 0 Å². The van der Waals surface area contributed by atoms with Crippen molar-refractivity contribution in [3.63, 3.8) is 0 Å². The zero-order valence-corrected chi connectivity index (χ0v) is 13.6. The average Bonchev–Trinajstić information content (AvgIpc) is 2.67. The molecule has 0 fully saturated rings. The molecule has 3 heteroatoms. The highest BCUT2D eigenvalue weighted by Gasteiger charge is 2.27. The Kier molecular flexibility index (Phi) is 5.80. The van der Waals surface area contributed by atoms with Crippen LogP contribution in [0, 0.1) is 5.92 Å². The minimum atomic E-state index is 0.110. The van der Waals surface area contributed by atoms with Crippen LogP contribution in [-0.4, -0.2) is 19.0 Å². The average molecular weight is 288 g/mol. The second-order valence-electron chi connectivity index (χ2n) is 5.99. The van der Waals surface area contributed by atoms with Crippen LogP contribution in [0.1, 0.15) is 58.1 Å². The Morgan fingerprint density at radius 1 is 1.38 bits per heavy atom. The van der Waals surface area contributed by atoms with Crippen molar-refractivity contribution in [3.05, 3.63) is 29.8 Å². The summed E-state index contributed by atoms with van der Waals surface area (Å²) < 4.78 is 0. The van der Waals surface area contributed by atoms with Gasteiger partial charge in [0.05, 0.1) is 0 Å². The van der Waals surface area contributed by atoms with Crippen LogP contribution in [0.25, 0.3) is 0 Å². The maximum absolute atomic E-state index is 12.8. The van der Waals surface area contributed by atoms with Gasteiger partial charge in [-0.1, -0.05) is 45.4 Å². The van der Waals surface area contributed by atoms with Crippen molar-refractivity contribution in [2.75, 3.05) is 18.0 Å². The van der Waals surface area contributed by atoms with Crippen LogP contribution in [0.3, 0.4) is 0 Å². The van der Waals surface area contributed by atoms with E-state index in [-0.39, 0.29) is 11.8 Å². The highest BCUT2D eigenvalue weighted by molar-refractivity contribution is 5.95. The van der Waals surface area contributed by atoms with Gasteiger partial charge in [-0.05, 0) is 37.4 Å². The maximum Gasteiger partial charge on any atom is 0.229 e. The fourth-order valence-corrected chi connectivity index (χ4v) is 3.27. The second-order valence-corrected chi connectivity index (χ2v) is 5.99. The first kappa shape index (κ1) is 16.0. The molecule has 0 radical (unpaired) electrons. The topological polar surface area (TPSA) is 32.3 Å². The number of nitrogens with one attached hydrogen (secondary N) is 1. The van der Waals surface area contributed by atoms with Crippen LogP contribution < -0.4 is 10.2 Å². The van der Waals surface area contributed by atoms with Crippen LogP contribution in [0.5, 0.6) is 0 Å². The molecule has 1 N–H and O–H groups in total. The molecule has 1 amide bonds.